The third kappa shape index (κ3) is 1.26. The summed E-state index contributed by atoms with van der Waals surface area (Å²) in [5, 5.41) is 0. The van der Waals surface area contributed by atoms with E-state index in [2.05, 4.69) is 40.6 Å². The highest BCUT2D eigenvalue weighted by atomic mass is 127. The van der Waals surface area contributed by atoms with Crippen LogP contribution in [0.15, 0.2) is 18.2 Å². The fourth-order valence-corrected chi connectivity index (χ4v) is 2.27. The van der Waals surface area contributed by atoms with Crippen molar-refractivity contribution in [2.24, 2.45) is 0 Å². The first kappa shape index (κ1) is 8.16. The van der Waals surface area contributed by atoms with Gasteiger partial charge in [-0.1, -0.05) is 6.07 Å². The van der Waals surface area contributed by atoms with E-state index in [1.54, 1.807) is 0 Å². The Hall–Kier alpha value is -0.450. The molecule has 3 heteroatoms. The van der Waals surface area contributed by atoms with Crippen LogP contribution in [0.1, 0.15) is 0 Å². The normalized spacial score (nSPS) is 15.3. The van der Waals surface area contributed by atoms with E-state index in [1.165, 1.54) is 9.26 Å². The number of halogens is 1. The quantitative estimate of drug-likeness (QED) is 0.672. The number of hydrogen-bond acceptors (Lipinski definition) is 2. The standard InChI is InChI=1S/C9H10INO/c1-11-5-6-12-8-4-2-3-7(10)9(8)11/h2-4H,5-6H2,1H3. The van der Waals surface area contributed by atoms with Crippen molar-refractivity contribution in [1.82, 2.24) is 0 Å². The monoisotopic (exact) mass is 275 g/mol. The number of rotatable bonds is 0. The van der Waals surface area contributed by atoms with Crippen molar-refractivity contribution >= 4 is 28.3 Å². The van der Waals surface area contributed by atoms with Crippen LogP contribution in [0.2, 0.25) is 0 Å². The maximum atomic E-state index is 5.53. The Labute approximate surface area is 85.7 Å². The lowest BCUT2D eigenvalue weighted by Gasteiger charge is -2.28. The van der Waals surface area contributed by atoms with E-state index < -0.39 is 0 Å². The van der Waals surface area contributed by atoms with Gasteiger partial charge in [-0.3, -0.25) is 0 Å². The zero-order chi connectivity index (χ0) is 8.55. The Balaban J connectivity index is 2.53. The molecule has 1 heterocycles. The molecule has 2 rings (SSSR count). The fourth-order valence-electron chi connectivity index (χ4n) is 1.39. The van der Waals surface area contributed by atoms with E-state index >= 15 is 0 Å². The summed E-state index contributed by atoms with van der Waals surface area (Å²) in [5.74, 6) is 1.01. The van der Waals surface area contributed by atoms with E-state index in [1.807, 2.05) is 12.1 Å². The molecule has 1 aromatic carbocycles. The second kappa shape index (κ2) is 3.12. The van der Waals surface area contributed by atoms with Gasteiger partial charge >= 0.3 is 0 Å². The van der Waals surface area contributed by atoms with Gasteiger partial charge in [0.25, 0.3) is 0 Å². The van der Waals surface area contributed by atoms with E-state index in [-0.39, 0.29) is 0 Å². The number of anilines is 1. The Bertz CT molecular complexity index is 301. The lowest BCUT2D eigenvalue weighted by molar-refractivity contribution is 0.311. The van der Waals surface area contributed by atoms with Crippen molar-refractivity contribution in [2.45, 2.75) is 0 Å². The van der Waals surface area contributed by atoms with Gasteiger partial charge in [-0.25, -0.2) is 0 Å². The highest BCUT2D eigenvalue weighted by Gasteiger charge is 2.16. The first-order chi connectivity index (χ1) is 5.79. The van der Waals surface area contributed by atoms with Crippen LogP contribution in [0.4, 0.5) is 5.69 Å². The van der Waals surface area contributed by atoms with Gasteiger partial charge in [-0.05, 0) is 34.7 Å². The van der Waals surface area contributed by atoms with Crippen LogP contribution in [-0.2, 0) is 0 Å². The van der Waals surface area contributed by atoms with Gasteiger partial charge in [0.15, 0.2) is 0 Å². The third-order valence-corrected chi connectivity index (χ3v) is 2.89. The Morgan fingerprint density at radius 1 is 1.50 bits per heavy atom. The average molecular weight is 275 g/mol. The molecule has 1 aliphatic rings. The van der Waals surface area contributed by atoms with Gasteiger partial charge in [0, 0.05) is 10.6 Å². The minimum absolute atomic E-state index is 0.795. The van der Waals surface area contributed by atoms with Crippen molar-refractivity contribution in [1.29, 1.82) is 0 Å². The number of ether oxygens (including phenoxy) is 1. The molecule has 0 aliphatic carbocycles. The molecule has 12 heavy (non-hydrogen) atoms. The lowest BCUT2D eigenvalue weighted by Crippen LogP contribution is -2.29. The molecule has 0 radical (unpaired) electrons. The molecule has 0 N–H and O–H groups in total. The lowest BCUT2D eigenvalue weighted by atomic mass is 10.2. The topological polar surface area (TPSA) is 12.5 Å². The minimum Gasteiger partial charge on any atom is -0.490 e. The van der Waals surface area contributed by atoms with E-state index in [0.29, 0.717) is 0 Å². The molecule has 0 saturated heterocycles. The van der Waals surface area contributed by atoms with Gasteiger partial charge in [0.05, 0.1) is 12.2 Å². The first-order valence-corrected chi connectivity index (χ1v) is 4.99. The molecule has 0 fully saturated rings. The molecule has 0 unspecified atom stereocenters. The zero-order valence-corrected chi connectivity index (χ0v) is 9.04. The minimum atomic E-state index is 0.795. The molecule has 2 nitrogen and oxygen atoms in total. The molecule has 0 bridgehead atoms. The number of para-hydroxylation sites is 1. The first-order valence-electron chi connectivity index (χ1n) is 3.91. The van der Waals surface area contributed by atoms with Crippen molar-refractivity contribution < 1.29 is 4.74 Å². The molecule has 0 spiro atoms. The molecule has 1 aromatic rings. The van der Waals surface area contributed by atoms with Crippen LogP contribution >= 0.6 is 22.6 Å². The third-order valence-electron chi connectivity index (χ3n) is 2.02. The summed E-state index contributed by atoms with van der Waals surface area (Å²) in [5.41, 5.74) is 1.23. The molecule has 0 saturated carbocycles. The average Bonchev–Trinajstić information content (AvgIpc) is 2.04. The van der Waals surface area contributed by atoms with E-state index in [9.17, 15) is 0 Å². The van der Waals surface area contributed by atoms with Gasteiger partial charge in [-0.15, -0.1) is 0 Å². The number of hydrogen-bond donors (Lipinski definition) is 0. The zero-order valence-electron chi connectivity index (χ0n) is 6.88. The molecule has 0 atom stereocenters. The SMILES string of the molecule is CN1CCOc2cccc(I)c21. The Kier molecular flexibility index (Phi) is 2.12. The van der Waals surface area contributed by atoms with Crippen molar-refractivity contribution in [3.05, 3.63) is 21.8 Å². The molecular formula is C9H10INO. The predicted molar refractivity (Wildman–Crippen MR) is 57.9 cm³/mol. The van der Waals surface area contributed by atoms with Crippen LogP contribution in [-0.4, -0.2) is 20.2 Å². The highest BCUT2D eigenvalue weighted by Crippen LogP contribution is 2.34. The largest absolute Gasteiger partial charge is 0.490 e. The summed E-state index contributed by atoms with van der Waals surface area (Å²) in [6.07, 6.45) is 0. The number of benzene rings is 1. The van der Waals surface area contributed by atoms with Gasteiger partial charge in [0.1, 0.15) is 12.4 Å². The van der Waals surface area contributed by atoms with E-state index in [4.69, 9.17) is 4.74 Å². The number of likely N-dealkylation sites (N-methyl/N-ethyl adjacent to an activating group) is 1. The van der Waals surface area contributed by atoms with Gasteiger partial charge in [-0.2, -0.15) is 0 Å². The van der Waals surface area contributed by atoms with Crippen LogP contribution in [0.3, 0.4) is 0 Å². The van der Waals surface area contributed by atoms with Gasteiger partial charge in [0.2, 0.25) is 0 Å². The number of nitrogens with zero attached hydrogens (tertiary/aromatic N) is 1. The predicted octanol–water partition coefficient (Wildman–Crippen LogP) is 2.12. The smallest absolute Gasteiger partial charge is 0.143 e. The highest BCUT2D eigenvalue weighted by molar-refractivity contribution is 14.1. The van der Waals surface area contributed by atoms with Gasteiger partial charge < -0.3 is 9.64 Å². The number of fused-ring (bicyclic) bond motifs is 1. The maximum absolute atomic E-state index is 5.53. The summed E-state index contributed by atoms with van der Waals surface area (Å²) in [4.78, 5) is 2.24. The molecule has 0 aromatic heterocycles. The maximum Gasteiger partial charge on any atom is 0.143 e. The fraction of sp³-hybridized carbons (Fsp3) is 0.333. The second-order valence-corrected chi connectivity index (χ2v) is 4.02. The molecular weight excluding hydrogens is 265 g/mol. The second-order valence-electron chi connectivity index (χ2n) is 2.86. The van der Waals surface area contributed by atoms with Crippen LogP contribution in [0.5, 0.6) is 5.75 Å². The van der Waals surface area contributed by atoms with Crippen molar-refractivity contribution in [3.8, 4) is 5.75 Å². The molecule has 0 amide bonds. The molecule has 1 aliphatic heterocycles. The summed E-state index contributed by atoms with van der Waals surface area (Å²) in [6, 6.07) is 6.15. The Morgan fingerprint density at radius 2 is 2.33 bits per heavy atom. The summed E-state index contributed by atoms with van der Waals surface area (Å²) in [7, 11) is 2.10. The van der Waals surface area contributed by atoms with Crippen LogP contribution in [0, 0.1) is 3.57 Å². The van der Waals surface area contributed by atoms with E-state index in [0.717, 1.165) is 18.9 Å². The summed E-state index contributed by atoms with van der Waals surface area (Å²) in [6.45, 7) is 1.77. The van der Waals surface area contributed by atoms with Crippen LogP contribution < -0.4 is 9.64 Å². The van der Waals surface area contributed by atoms with Crippen molar-refractivity contribution in [3.63, 3.8) is 0 Å². The van der Waals surface area contributed by atoms with Crippen molar-refractivity contribution in [2.75, 3.05) is 25.1 Å². The summed E-state index contributed by atoms with van der Waals surface area (Å²) >= 11 is 2.34. The van der Waals surface area contributed by atoms with Crippen LogP contribution in [0.25, 0.3) is 0 Å². The Morgan fingerprint density at radius 3 is 3.08 bits per heavy atom. The molecule has 64 valence electrons. The summed E-state index contributed by atoms with van der Waals surface area (Å²) < 4.78 is 6.78.